The van der Waals surface area contributed by atoms with Crippen LogP contribution >= 0.6 is 0 Å². The second-order valence-corrected chi connectivity index (χ2v) is 3.48. The van der Waals surface area contributed by atoms with Gasteiger partial charge in [0.05, 0.1) is 19.9 Å². The van der Waals surface area contributed by atoms with Gasteiger partial charge in [-0.25, -0.2) is 4.79 Å². The second-order valence-electron chi connectivity index (χ2n) is 3.48. The summed E-state index contributed by atoms with van der Waals surface area (Å²) in [6.45, 7) is 3.37. The van der Waals surface area contributed by atoms with E-state index in [4.69, 9.17) is 0 Å². The molecule has 0 fully saturated rings. The summed E-state index contributed by atoms with van der Waals surface area (Å²) < 4.78 is 5.97. The van der Waals surface area contributed by atoms with E-state index in [-0.39, 0.29) is 6.54 Å². The van der Waals surface area contributed by atoms with E-state index in [9.17, 15) is 9.90 Å². The zero-order valence-electron chi connectivity index (χ0n) is 8.52. The molecule has 1 rings (SSSR count). The number of aryl methyl sites for hydroxylation is 1. The highest BCUT2D eigenvalue weighted by atomic mass is 16.5. The molecule has 0 aliphatic rings. The van der Waals surface area contributed by atoms with Crippen LogP contribution in [0.1, 0.15) is 12.5 Å². The topological polar surface area (TPSA) is 64.3 Å². The smallest absolute Gasteiger partial charge is 0.339 e. The summed E-state index contributed by atoms with van der Waals surface area (Å²) in [7, 11) is 1.24. The Hall–Kier alpha value is -1.36. The fraction of sp³-hybridized carbons (Fsp3) is 0.556. The van der Waals surface area contributed by atoms with E-state index in [1.54, 1.807) is 12.4 Å². The summed E-state index contributed by atoms with van der Waals surface area (Å²) in [6, 6.07) is 0. The quantitative estimate of drug-likeness (QED) is 0.700. The SMILES string of the molecule is COC(=O)C(C)(O)Cn1cc(C)cn1. The molecule has 0 aliphatic carbocycles. The number of rotatable bonds is 3. The van der Waals surface area contributed by atoms with Crippen molar-refractivity contribution in [3.8, 4) is 0 Å². The molecule has 5 nitrogen and oxygen atoms in total. The zero-order valence-corrected chi connectivity index (χ0v) is 8.52. The number of carbonyl (C=O) groups is 1. The molecule has 5 heteroatoms. The molecule has 1 atom stereocenters. The molecule has 14 heavy (non-hydrogen) atoms. The van der Waals surface area contributed by atoms with Crippen LogP contribution in [0.3, 0.4) is 0 Å². The average molecular weight is 198 g/mol. The minimum atomic E-state index is -1.53. The van der Waals surface area contributed by atoms with E-state index < -0.39 is 11.6 Å². The third-order valence-corrected chi connectivity index (χ3v) is 1.86. The Balaban J connectivity index is 2.72. The number of ether oxygens (including phenoxy) is 1. The summed E-state index contributed by atoms with van der Waals surface area (Å²) in [4.78, 5) is 11.1. The third-order valence-electron chi connectivity index (χ3n) is 1.86. The molecule has 78 valence electrons. The van der Waals surface area contributed by atoms with Crippen molar-refractivity contribution in [1.29, 1.82) is 0 Å². The molecule has 0 aromatic carbocycles. The van der Waals surface area contributed by atoms with Crippen molar-refractivity contribution in [2.75, 3.05) is 7.11 Å². The number of esters is 1. The first-order valence-corrected chi connectivity index (χ1v) is 4.25. The standard InChI is InChI=1S/C9H14N2O3/c1-7-4-10-11(5-7)6-9(2,13)8(12)14-3/h4-5,13H,6H2,1-3H3. The molecule has 1 N–H and O–H groups in total. The van der Waals surface area contributed by atoms with Gasteiger partial charge < -0.3 is 9.84 Å². The van der Waals surface area contributed by atoms with Crippen LogP contribution in [0.4, 0.5) is 0 Å². The van der Waals surface area contributed by atoms with Gasteiger partial charge in [0.1, 0.15) is 0 Å². The van der Waals surface area contributed by atoms with E-state index in [0.29, 0.717) is 0 Å². The summed E-state index contributed by atoms with van der Waals surface area (Å²) in [6.07, 6.45) is 3.41. The van der Waals surface area contributed by atoms with Gasteiger partial charge in [0.2, 0.25) is 0 Å². The van der Waals surface area contributed by atoms with Crippen LogP contribution in [0.2, 0.25) is 0 Å². The molecule has 0 saturated carbocycles. The first kappa shape index (κ1) is 10.7. The fourth-order valence-corrected chi connectivity index (χ4v) is 1.15. The average Bonchev–Trinajstić information content (AvgIpc) is 2.48. The number of aromatic nitrogens is 2. The number of hydrogen-bond acceptors (Lipinski definition) is 4. The van der Waals surface area contributed by atoms with Gasteiger partial charge in [0.15, 0.2) is 5.60 Å². The summed E-state index contributed by atoms with van der Waals surface area (Å²) in [5.41, 5.74) is -0.557. The summed E-state index contributed by atoms with van der Waals surface area (Å²) in [5.74, 6) is -0.661. The molecule has 0 spiro atoms. The largest absolute Gasteiger partial charge is 0.467 e. The number of carbonyl (C=O) groups excluding carboxylic acids is 1. The van der Waals surface area contributed by atoms with Gasteiger partial charge in [0, 0.05) is 6.20 Å². The first-order valence-electron chi connectivity index (χ1n) is 4.25. The van der Waals surface area contributed by atoms with Crippen molar-refractivity contribution < 1.29 is 14.6 Å². The van der Waals surface area contributed by atoms with Crippen molar-refractivity contribution in [3.05, 3.63) is 18.0 Å². The zero-order chi connectivity index (χ0) is 10.8. The summed E-state index contributed by atoms with van der Waals surface area (Å²) >= 11 is 0. The molecule has 0 aliphatic heterocycles. The lowest BCUT2D eigenvalue weighted by molar-refractivity contribution is -0.162. The number of nitrogens with zero attached hydrogens (tertiary/aromatic N) is 2. The Morgan fingerprint density at radius 3 is 2.86 bits per heavy atom. The van der Waals surface area contributed by atoms with E-state index in [2.05, 4.69) is 9.84 Å². The van der Waals surface area contributed by atoms with Gasteiger partial charge in [-0.1, -0.05) is 0 Å². The van der Waals surface area contributed by atoms with Crippen LogP contribution in [0.25, 0.3) is 0 Å². The Labute approximate surface area is 82.3 Å². The normalized spacial score (nSPS) is 14.9. The van der Waals surface area contributed by atoms with Crippen LogP contribution in [0, 0.1) is 6.92 Å². The van der Waals surface area contributed by atoms with Gasteiger partial charge >= 0.3 is 5.97 Å². The van der Waals surface area contributed by atoms with Crippen LogP contribution < -0.4 is 0 Å². The maximum Gasteiger partial charge on any atom is 0.339 e. The number of methoxy groups -OCH3 is 1. The Bertz CT molecular complexity index is 331. The molecule has 1 unspecified atom stereocenters. The Morgan fingerprint density at radius 2 is 2.43 bits per heavy atom. The van der Waals surface area contributed by atoms with Crippen molar-refractivity contribution in [2.24, 2.45) is 0 Å². The maximum absolute atomic E-state index is 11.1. The highest BCUT2D eigenvalue weighted by Crippen LogP contribution is 2.09. The predicted molar refractivity (Wildman–Crippen MR) is 49.6 cm³/mol. The number of hydrogen-bond donors (Lipinski definition) is 1. The molecule has 0 saturated heterocycles. The lowest BCUT2D eigenvalue weighted by Crippen LogP contribution is -2.40. The van der Waals surface area contributed by atoms with E-state index in [1.807, 2.05) is 6.92 Å². The van der Waals surface area contributed by atoms with Gasteiger partial charge in [0.25, 0.3) is 0 Å². The summed E-state index contributed by atoms with van der Waals surface area (Å²) in [5, 5.41) is 13.7. The minimum Gasteiger partial charge on any atom is -0.467 e. The number of aliphatic hydroxyl groups is 1. The molecule has 0 bridgehead atoms. The Morgan fingerprint density at radius 1 is 1.79 bits per heavy atom. The monoisotopic (exact) mass is 198 g/mol. The molecule has 0 radical (unpaired) electrons. The van der Waals surface area contributed by atoms with Gasteiger partial charge in [-0.05, 0) is 19.4 Å². The van der Waals surface area contributed by atoms with Gasteiger partial charge in [-0.2, -0.15) is 5.10 Å². The predicted octanol–water partition coefficient (Wildman–Crippen LogP) is 0.116. The highest BCUT2D eigenvalue weighted by molar-refractivity contribution is 5.78. The van der Waals surface area contributed by atoms with E-state index in [1.165, 1.54) is 18.7 Å². The van der Waals surface area contributed by atoms with Crippen molar-refractivity contribution >= 4 is 5.97 Å². The highest BCUT2D eigenvalue weighted by Gasteiger charge is 2.32. The fourth-order valence-electron chi connectivity index (χ4n) is 1.15. The van der Waals surface area contributed by atoms with Gasteiger partial charge in [-0.3, -0.25) is 4.68 Å². The van der Waals surface area contributed by atoms with E-state index in [0.717, 1.165) is 5.56 Å². The maximum atomic E-state index is 11.1. The second kappa shape index (κ2) is 3.79. The van der Waals surface area contributed by atoms with Gasteiger partial charge in [-0.15, -0.1) is 0 Å². The molecular formula is C9H14N2O3. The Kier molecular flexibility index (Phi) is 2.90. The lowest BCUT2D eigenvalue weighted by Gasteiger charge is -2.19. The third kappa shape index (κ3) is 2.32. The van der Waals surface area contributed by atoms with E-state index >= 15 is 0 Å². The lowest BCUT2D eigenvalue weighted by atomic mass is 10.1. The molecular weight excluding hydrogens is 184 g/mol. The molecule has 0 amide bonds. The van der Waals surface area contributed by atoms with Crippen LogP contribution in [0.15, 0.2) is 12.4 Å². The minimum absolute atomic E-state index is 0.0908. The van der Waals surface area contributed by atoms with Crippen molar-refractivity contribution in [2.45, 2.75) is 26.0 Å². The van der Waals surface area contributed by atoms with Crippen LogP contribution in [-0.4, -0.2) is 33.6 Å². The van der Waals surface area contributed by atoms with Crippen molar-refractivity contribution in [3.63, 3.8) is 0 Å². The van der Waals surface area contributed by atoms with Crippen LogP contribution in [0.5, 0.6) is 0 Å². The first-order chi connectivity index (χ1) is 6.45. The van der Waals surface area contributed by atoms with Crippen molar-refractivity contribution in [1.82, 2.24) is 9.78 Å². The molecule has 1 aromatic rings. The molecule has 1 heterocycles. The molecule has 1 aromatic heterocycles. The van der Waals surface area contributed by atoms with Crippen LogP contribution in [-0.2, 0) is 16.1 Å².